The maximum absolute atomic E-state index is 13.1. The van der Waals surface area contributed by atoms with Crippen LogP contribution in [0.15, 0.2) is 58.3 Å². The summed E-state index contributed by atoms with van der Waals surface area (Å²) < 4.78 is 47.3. The maximum Gasteiger partial charge on any atom is 0.339 e. The zero-order chi connectivity index (χ0) is 29.5. The minimum Gasteiger partial charge on any atom is -0.493 e. The number of carbonyl (C=O) groups is 2. The van der Waals surface area contributed by atoms with Gasteiger partial charge >= 0.3 is 10.1 Å². The Morgan fingerprint density at radius 3 is 2.49 bits per heavy atom. The van der Waals surface area contributed by atoms with Crippen molar-refractivity contribution in [3.05, 3.63) is 83.3 Å². The number of halogens is 2. The van der Waals surface area contributed by atoms with Gasteiger partial charge in [0.05, 0.1) is 27.1 Å². The lowest BCUT2D eigenvalue weighted by atomic mass is 10.1. The average molecular weight is 731 g/mol. The molecular weight excluding hydrogens is 715 g/mol. The van der Waals surface area contributed by atoms with E-state index in [1.165, 1.54) is 19.3 Å². The number of fused-ring (bicyclic) bond motifs is 1. The van der Waals surface area contributed by atoms with Gasteiger partial charge in [-0.25, -0.2) is 0 Å². The van der Waals surface area contributed by atoms with Gasteiger partial charge in [-0.3, -0.25) is 24.6 Å². The van der Waals surface area contributed by atoms with Crippen LogP contribution in [0.2, 0.25) is 5.02 Å². The van der Waals surface area contributed by atoms with Crippen molar-refractivity contribution in [2.75, 3.05) is 13.9 Å². The average Bonchev–Trinajstić information content (AvgIpc) is 3.49. The van der Waals surface area contributed by atoms with E-state index in [-0.39, 0.29) is 40.3 Å². The quantitative estimate of drug-likeness (QED) is 0.0937. The number of nitro benzene ring substituents is 1. The summed E-state index contributed by atoms with van der Waals surface area (Å²) in [5, 5.41) is 10.7. The van der Waals surface area contributed by atoms with Crippen LogP contribution >= 0.6 is 46.0 Å². The summed E-state index contributed by atoms with van der Waals surface area (Å²) in [6.07, 6.45) is 1.48. The van der Waals surface area contributed by atoms with E-state index >= 15 is 0 Å². The van der Waals surface area contributed by atoms with Crippen LogP contribution in [-0.2, 0) is 21.5 Å². The molecule has 12 nitrogen and oxygen atoms in total. The highest BCUT2D eigenvalue weighted by Crippen LogP contribution is 2.41. The van der Waals surface area contributed by atoms with Crippen molar-refractivity contribution in [3.63, 3.8) is 0 Å². The van der Waals surface area contributed by atoms with Gasteiger partial charge in [0.25, 0.3) is 16.8 Å². The van der Waals surface area contributed by atoms with Crippen LogP contribution in [0, 0.1) is 13.7 Å². The van der Waals surface area contributed by atoms with Crippen LogP contribution in [0.4, 0.5) is 10.5 Å². The van der Waals surface area contributed by atoms with E-state index in [1.54, 1.807) is 18.2 Å². The number of carbonyl (C=O) groups excluding carboxylic acids is 2. The van der Waals surface area contributed by atoms with Gasteiger partial charge in [-0.15, -0.1) is 0 Å². The lowest BCUT2D eigenvalue weighted by Crippen LogP contribution is -2.27. The molecule has 0 bridgehead atoms. The molecule has 212 valence electrons. The van der Waals surface area contributed by atoms with Gasteiger partial charge in [0, 0.05) is 23.2 Å². The van der Waals surface area contributed by atoms with Crippen LogP contribution in [0.1, 0.15) is 11.1 Å². The molecule has 0 unspecified atom stereocenters. The molecule has 0 N–H and O–H groups in total. The molecule has 3 aromatic carbocycles. The Morgan fingerprint density at radius 1 is 1.15 bits per heavy atom. The third-order valence-electron chi connectivity index (χ3n) is 5.82. The molecule has 0 atom stereocenters. The van der Waals surface area contributed by atoms with E-state index in [0.717, 1.165) is 40.9 Å². The van der Waals surface area contributed by atoms with Crippen molar-refractivity contribution in [1.29, 1.82) is 0 Å². The third kappa shape index (κ3) is 5.93. The highest BCUT2D eigenvalue weighted by atomic mass is 127. The zero-order valence-corrected chi connectivity index (χ0v) is 25.2. The van der Waals surface area contributed by atoms with Crippen molar-refractivity contribution in [2.24, 2.45) is 0 Å². The number of non-ortho nitro benzene ring substituents is 1. The first kappa shape index (κ1) is 29.0. The normalized spacial score (nSPS) is 15.5. The Hall–Kier alpha value is -3.54. The number of amides is 2. The molecule has 2 amide bonds. The number of hydrogen-bond acceptors (Lipinski definition) is 11. The Labute approximate surface area is 255 Å². The summed E-state index contributed by atoms with van der Waals surface area (Å²) in [5.41, 5.74) is 0.674. The molecule has 1 fully saturated rings. The summed E-state index contributed by atoms with van der Waals surface area (Å²) in [4.78, 5) is 36.9. The molecule has 41 heavy (non-hydrogen) atoms. The van der Waals surface area contributed by atoms with Gasteiger partial charge in [0.15, 0.2) is 23.0 Å². The second-order valence-electron chi connectivity index (χ2n) is 8.39. The molecule has 3 aromatic rings. The fourth-order valence-corrected chi connectivity index (χ4v) is 6.73. The van der Waals surface area contributed by atoms with E-state index in [0.29, 0.717) is 31.2 Å². The van der Waals surface area contributed by atoms with Gasteiger partial charge < -0.3 is 18.4 Å². The van der Waals surface area contributed by atoms with E-state index < -0.39 is 26.2 Å². The standard InChI is InChI=1S/C25H16ClIN2O10S2/c1-36-21-7-13(6-18(27)23(21)39-41(34,35)16-4-2-15(3-5-16)29(32)33)8-22-24(30)28(25(31)40-22)11-14-9-19-20(10-17(14)26)38-12-37-19/h2-10H,11-12H2,1H3/b22-8-. The first-order valence-corrected chi connectivity index (χ1v) is 15.0. The first-order chi connectivity index (χ1) is 19.5. The first-order valence-electron chi connectivity index (χ1n) is 11.4. The monoisotopic (exact) mass is 730 g/mol. The second kappa shape index (κ2) is 11.4. The number of hydrogen-bond donors (Lipinski definition) is 0. The second-order valence-corrected chi connectivity index (χ2v) is 12.5. The van der Waals surface area contributed by atoms with Gasteiger partial charge in [0.2, 0.25) is 6.79 Å². The molecule has 0 aromatic heterocycles. The molecule has 0 radical (unpaired) electrons. The summed E-state index contributed by atoms with van der Waals surface area (Å²) in [7, 11) is -3.06. The van der Waals surface area contributed by atoms with Crippen molar-refractivity contribution >= 4 is 79.0 Å². The Kier molecular flexibility index (Phi) is 8.04. The molecule has 0 aliphatic carbocycles. The highest BCUT2D eigenvalue weighted by Gasteiger charge is 2.36. The van der Waals surface area contributed by atoms with Crippen LogP contribution < -0.4 is 18.4 Å². The molecule has 0 spiro atoms. The van der Waals surface area contributed by atoms with E-state index in [4.69, 9.17) is 30.0 Å². The minimum absolute atomic E-state index is 0.0417. The Balaban J connectivity index is 1.38. The largest absolute Gasteiger partial charge is 0.493 e. The molecular formula is C25H16ClIN2O10S2. The zero-order valence-electron chi connectivity index (χ0n) is 20.7. The van der Waals surface area contributed by atoms with Gasteiger partial charge in [0.1, 0.15) is 4.90 Å². The molecule has 2 aliphatic rings. The number of nitro groups is 1. The Morgan fingerprint density at radius 2 is 1.83 bits per heavy atom. The molecule has 5 rings (SSSR count). The number of methoxy groups -OCH3 is 1. The van der Waals surface area contributed by atoms with Gasteiger partial charge in [-0.05, 0) is 81.9 Å². The predicted molar refractivity (Wildman–Crippen MR) is 156 cm³/mol. The molecule has 1 saturated heterocycles. The number of rotatable bonds is 8. The lowest BCUT2D eigenvalue weighted by molar-refractivity contribution is -0.384. The smallest absolute Gasteiger partial charge is 0.339 e. The van der Waals surface area contributed by atoms with Gasteiger partial charge in [-0.2, -0.15) is 8.42 Å². The molecule has 2 heterocycles. The predicted octanol–water partition coefficient (Wildman–Crippen LogP) is 5.59. The van der Waals surface area contributed by atoms with Crippen molar-refractivity contribution in [1.82, 2.24) is 4.90 Å². The van der Waals surface area contributed by atoms with Crippen molar-refractivity contribution in [3.8, 4) is 23.0 Å². The van der Waals surface area contributed by atoms with E-state index in [1.807, 2.05) is 22.6 Å². The molecule has 2 aliphatic heterocycles. The van der Waals surface area contributed by atoms with E-state index in [9.17, 15) is 28.1 Å². The van der Waals surface area contributed by atoms with Crippen LogP contribution in [0.3, 0.4) is 0 Å². The van der Waals surface area contributed by atoms with Crippen LogP contribution in [-0.4, -0.2) is 43.3 Å². The summed E-state index contributed by atoms with van der Waals surface area (Å²) >= 11 is 8.90. The molecule has 0 saturated carbocycles. The number of imide groups is 1. The van der Waals surface area contributed by atoms with Crippen LogP contribution in [0.25, 0.3) is 6.08 Å². The van der Waals surface area contributed by atoms with Crippen LogP contribution in [0.5, 0.6) is 23.0 Å². The number of benzene rings is 3. The highest BCUT2D eigenvalue weighted by molar-refractivity contribution is 14.1. The number of thioether (sulfide) groups is 1. The van der Waals surface area contributed by atoms with Crippen molar-refractivity contribution < 1.29 is 41.3 Å². The minimum atomic E-state index is -4.37. The Bertz CT molecular complexity index is 1750. The summed E-state index contributed by atoms with van der Waals surface area (Å²) in [5.74, 6) is 0.328. The third-order valence-corrected chi connectivity index (χ3v) is 9.12. The fraction of sp³-hybridized carbons (Fsp3) is 0.120. The fourth-order valence-electron chi connectivity index (χ4n) is 3.83. The maximum atomic E-state index is 13.1. The topological polar surface area (TPSA) is 152 Å². The molecule has 16 heteroatoms. The summed E-state index contributed by atoms with van der Waals surface area (Å²) in [6, 6.07) is 10.4. The number of ether oxygens (including phenoxy) is 3. The number of nitrogens with zero attached hydrogens (tertiary/aromatic N) is 2. The summed E-state index contributed by atoms with van der Waals surface area (Å²) in [6.45, 7) is -0.0277. The van der Waals surface area contributed by atoms with E-state index in [2.05, 4.69) is 0 Å². The van der Waals surface area contributed by atoms with Crippen molar-refractivity contribution in [2.45, 2.75) is 11.4 Å². The lowest BCUT2D eigenvalue weighted by Gasteiger charge is -2.14. The van der Waals surface area contributed by atoms with Gasteiger partial charge in [-0.1, -0.05) is 11.6 Å². The SMILES string of the molecule is COc1cc(/C=C2\SC(=O)N(Cc3cc4c(cc3Cl)OCO4)C2=O)cc(I)c1OS(=O)(=O)c1ccc([N+](=O)[O-])cc1.